The van der Waals surface area contributed by atoms with Crippen LogP contribution in [0.5, 0.6) is 5.75 Å². The predicted octanol–water partition coefficient (Wildman–Crippen LogP) is 2.55. The second-order valence-electron chi connectivity index (χ2n) is 8.14. The standard InChI is InChI=1S/C24H30N2O5S/c1-31-22-11-6-19(7-12-22)8-13-23(27)25-14-3-15-26(17-16-25)24(28)21-9-4-20(5-10-21)18-32(2,29)30/h4-7,9-12H,3,8,13-18H2,1-2H3. The molecule has 0 bridgehead atoms. The highest BCUT2D eigenvalue weighted by Gasteiger charge is 2.22. The van der Waals surface area contributed by atoms with E-state index in [9.17, 15) is 18.0 Å². The molecule has 172 valence electrons. The van der Waals surface area contributed by atoms with E-state index in [-0.39, 0.29) is 17.6 Å². The summed E-state index contributed by atoms with van der Waals surface area (Å²) in [4.78, 5) is 29.2. The summed E-state index contributed by atoms with van der Waals surface area (Å²) in [6, 6.07) is 14.4. The highest BCUT2D eigenvalue weighted by Crippen LogP contribution is 2.15. The van der Waals surface area contributed by atoms with Crippen LogP contribution in [0, 0.1) is 0 Å². The van der Waals surface area contributed by atoms with Gasteiger partial charge in [-0.2, -0.15) is 0 Å². The number of nitrogens with zero attached hydrogens (tertiary/aromatic N) is 2. The number of hydrogen-bond acceptors (Lipinski definition) is 5. The Hall–Kier alpha value is -2.87. The third-order valence-corrected chi connectivity index (χ3v) is 6.41. The van der Waals surface area contributed by atoms with Gasteiger partial charge in [0.15, 0.2) is 9.84 Å². The van der Waals surface area contributed by atoms with Crippen molar-refractivity contribution in [1.29, 1.82) is 0 Å². The zero-order valence-corrected chi connectivity index (χ0v) is 19.4. The van der Waals surface area contributed by atoms with Crippen molar-refractivity contribution in [3.8, 4) is 5.75 Å². The monoisotopic (exact) mass is 458 g/mol. The third kappa shape index (κ3) is 6.82. The van der Waals surface area contributed by atoms with Crippen LogP contribution in [0.3, 0.4) is 0 Å². The van der Waals surface area contributed by atoms with Crippen LogP contribution in [0.15, 0.2) is 48.5 Å². The average Bonchev–Trinajstić information content (AvgIpc) is 3.03. The molecule has 2 aromatic carbocycles. The Kier molecular flexibility index (Phi) is 7.90. The van der Waals surface area contributed by atoms with E-state index in [1.165, 1.54) is 6.26 Å². The van der Waals surface area contributed by atoms with E-state index >= 15 is 0 Å². The molecule has 3 rings (SSSR count). The van der Waals surface area contributed by atoms with E-state index < -0.39 is 9.84 Å². The topological polar surface area (TPSA) is 84.0 Å². The van der Waals surface area contributed by atoms with E-state index in [0.717, 1.165) is 17.7 Å². The molecule has 0 spiro atoms. The molecule has 1 fully saturated rings. The Morgan fingerprint density at radius 2 is 1.47 bits per heavy atom. The number of carbonyl (C=O) groups is 2. The number of sulfone groups is 1. The maximum atomic E-state index is 12.9. The van der Waals surface area contributed by atoms with Crippen molar-refractivity contribution in [1.82, 2.24) is 9.80 Å². The van der Waals surface area contributed by atoms with Crippen molar-refractivity contribution in [3.63, 3.8) is 0 Å². The van der Waals surface area contributed by atoms with Gasteiger partial charge in [0, 0.05) is 44.4 Å². The lowest BCUT2D eigenvalue weighted by atomic mass is 10.1. The van der Waals surface area contributed by atoms with Crippen molar-refractivity contribution < 1.29 is 22.7 Å². The normalized spacial score (nSPS) is 14.7. The number of ether oxygens (including phenoxy) is 1. The summed E-state index contributed by atoms with van der Waals surface area (Å²) >= 11 is 0. The first kappa shape index (κ1) is 23.8. The van der Waals surface area contributed by atoms with Gasteiger partial charge in [0.05, 0.1) is 12.9 Å². The number of carbonyl (C=O) groups excluding carboxylic acids is 2. The molecule has 0 aromatic heterocycles. The number of methoxy groups -OCH3 is 1. The lowest BCUT2D eigenvalue weighted by molar-refractivity contribution is -0.131. The van der Waals surface area contributed by atoms with Gasteiger partial charge in [0.1, 0.15) is 5.75 Å². The highest BCUT2D eigenvalue weighted by atomic mass is 32.2. The summed E-state index contributed by atoms with van der Waals surface area (Å²) < 4.78 is 28.0. The van der Waals surface area contributed by atoms with E-state index in [1.807, 2.05) is 29.2 Å². The molecule has 0 unspecified atom stereocenters. The van der Waals surface area contributed by atoms with Crippen LogP contribution in [0.4, 0.5) is 0 Å². The Balaban J connectivity index is 1.52. The Labute approximate surface area is 189 Å². The zero-order valence-electron chi connectivity index (χ0n) is 18.6. The first-order valence-electron chi connectivity index (χ1n) is 10.7. The summed E-state index contributed by atoms with van der Waals surface area (Å²) in [5.74, 6) is 0.754. The van der Waals surface area contributed by atoms with Gasteiger partial charge in [0.25, 0.3) is 5.91 Å². The van der Waals surface area contributed by atoms with Crippen LogP contribution in [-0.4, -0.2) is 69.6 Å². The molecule has 8 heteroatoms. The van der Waals surface area contributed by atoms with Gasteiger partial charge in [0.2, 0.25) is 5.91 Å². The van der Waals surface area contributed by atoms with Crippen molar-refractivity contribution in [2.24, 2.45) is 0 Å². The maximum absolute atomic E-state index is 12.9. The van der Waals surface area contributed by atoms with E-state index in [0.29, 0.717) is 50.1 Å². The van der Waals surface area contributed by atoms with Crippen LogP contribution in [-0.2, 0) is 26.8 Å². The molecule has 0 aliphatic carbocycles. The Morgan fingerprint density at radius 1 is 0.875 bits per heavy atom. The molecular weight excluding hydrogens is 428 g/mol. The van der Waals surface area contributed by atoms with E-state index in [4.69, 9.17) is 4.74 Å². The molecule has 1 aliphatic rings. The van der Waals surface area contributed by atoms with Crippen LogP contribution >= 0.6 is 0 Å². The lowest BCUT2D eigenvalue weighted by Crippen LogP contribution is -2.37. The maximum Gasteiger partial charge on any atom is 0.253 e. The minimum absolute atomic E-state index is 0.0429. The molecule has 1 heterocycles. The summed E-state index contributed by atoms with van der Waals surface area (Å²) in [5.41, 5.74) is 2.28. The third-order valence-electron chi connectivity index (χ3n) is 5.55. The van der Waals surface area contributed by atoms with Gasteiger partial charge in [-0.1, -0.05) is 24.3 Å². The van der Waals surface area contributed by atoms with Crippen LogP contribution in [0.1, 0.15) is 34.3 Å². The zero-order chi connectivity index (χ0) is 23.1. The second-order valence-corrected chi connectivity index (χ2v) is 10.3. The average molecular weight is 459 g/mol. The quantitative estimate of drug-likeness (QED) is 0.637. The van der Waals surface area contributed by atoms with Gasteiger partial charge >= 0.3 is 0 Å². The molecule has 32 heavy (non-hydrogen) atoms. The Morgan fingerprint density at radius 3 is 2.09 bits per heavy atom. The molecule has 0 radical (unpaired) electrons. The SMILES string of the molecule is COc1ccc(CCC(=O)N2CCCN(C(=O)c3ccc(CS(C)(=O)=O)cc3)CC2)cc1. The Bertz CT molecular complexity index is 1030. The molecule has 0 atom stereocenters. The fraction of sp³-hybridized carbons (Fsp3) is 0.417. The fourth-order valence-electron chi connectivity index (χ4n) is 3.80. The van der Waals surface area contributed by atoms with Gasteiger partial charge < -0.3 is 14.5 Å². The lowest BCUT2D eigenvalue weighted by Gasteiger charge is -2.22. The van der Waals surface area contributed by atoms with Crippen molar-refractivity contribution in [2.75, 3.05) is 39.5 Å². The summed E-state index contributed by atoms with van der Waals surface area (Å²) in [6.07, 6.45) is 3.02. The van der Waals surface area contributed by atoms with Gasteiger partial charge in [-0.3, -0.25) is 9.59 Å². The van der Waals surface area contributed by atoms with Gasteiger partial charge in [-0.15, -0.1) is 0 Å². The highest BCUT2D eigenvalue weighted by molar-refractivity contribution is 7.89. The second kappa shape index (κ2) is 10.6. The number of aryl methyl sites for hydroxylation is 1. The van der Waals surface area contributed by atoms with Crippen molar-refractivity contribution in [3.05, 3.63) is 65.2 Å². The van der Waals surface area contributed by atoms with Gasteiger partial charge in [-0.25, -0.2) is 8.42 Å². The molecule has 0 N–H and O–H groups in total. The minimum atomic E-state index is -3.11. The molecule has 2 amide bonds. The fourth-order valence-corrected chi connectivity index (χ4v) is 4.60. The van der Waals surface area contributed by atoms with Crippen molar-refractivity contribution in [2.45, 2.75) is 25.0 Å². The minimum Gasteiger partial charge on any atom is -0.497 e. The molecule has 1 aliphatic heterocycles. The first-order chi connectivity index (χ1) is 15.2. The number of amides is 2. The summed E-state index contributed by atoms with van der Waals surface area (Å²) in [7, 11) is -1.49. The van der Waals surface area contributed by atoms with Crippen LogP contribution in [0.25, 0.3) is 0 Å². The van der Waals surface area contributed by atoms with Gasteiger partial charge in [-0.05, 0) is 48.2 Å². The summed E-state index contributed by atoms with van der Waals surface area (Å²) in [5, 5.41) is 0. The van der Waals surface area contributed by atoms with E-state index in [1.54, 1.807) is 36.3 Å². The first-order valence-corrected chi connectivity index (χ1v) is 12.8. The number of rotatable bonds is 7. The van der Waals surface area contributed by atoms with Crippen molar-refractivity contribution >= 4 is 21.7 Å². The van der Waals surface area contributed by atoms with Crippen LogP contribution < -0.4 is 4.74 Å². The smallest absolute Gasteiger partial charge is 0.253 e. The largest absolute Gasteiger partial charge is 0.497 e. The molecule has 0 saturated carbocycles. The van der Waals surface area contributed by atoms with Crippen LogP contribution in [0.2, 0.25) is 0 Å². The molecule has 1 saturated heterocycles. The number of hydrogen-bond donors (Lipinski definition) is 0. The summed E-state index contributed by atoms with van der Waals surface area (Å²) in [6.45, 7) is 2.22. The predicted molar refractivity (Wildman–Crippen MR) is 123 cm³/mol. The molecule has 2 aromatic rings. The van der Waals surface area contributed by atoms with E-state index in [2.05, 4.69) is 0 Å². The molecule has 7 nitrogen and oxygen atoms in total. The number of benzene rings is 2. The molecular formula is C24H30N2O5S.